The summed E-state index contributed by atoms with van der Waals surface area (Å²) in [5, 5.41) is 8.31. The molecule has 1 spiro atoms. The number of ether oxygens (including phenoxy) is 1. The number of aromatic nitrogens is 4. The maximum Gasteiger partial charge on any atom is 0.401 e. The topological polar surface area (TPSA) is 80.6 Å². The van der Waals surface area contributed by atoms with Gasteiger partial charge in [0.25, 0.3) is 0 Å². The van der Waals surface area contributed by atoms with Gasteiger partial charge in [0.1, 0.15) is 22.8 Å². The first-order valence-corrected chi connectivity index (χ1v) is 20.2. The lowest BCUT2D eigenvalue weighted by molar-refractivity contribution is -0.172. The van der Waals surface area contributed by atoms with Crippen molar-refractivity contribution in [1.29, 1.82) is 0 Å². The molecule has 264 valence electrons. The fraction of sp³-hybridized carbons (Fsp3) is 0.606. The maximum absolute atomic E-state index is 13.0. The summed E-state index contributed by atoms with van der Waals surface area (Å²) in [7, 11) is 1.73. The molecule has 2 saturated heterocycles. The van der Waals surface area contributed by atoms with Crippen molar-refractivity contribution in [2.75, 3.05) is 57.8 Å². The fourth-order valence-corrected chi connectivity index (χ4v) is 8.35. The van der Waals surface area contributed by atoms with Crippen molar-refractivity contribution >= 4 is 41.7 Å². The highest BCUT2D eigenvalue weighted by atomic mass is 79.9. The first-order chi connectivity index (χ1) is 22.2. The monoisotopic (exact) mass is 771 g/mol. The third-order valence-electron chi connectivity index (χ3n) is 9.76. The van der Waals surface area contributed by atoms with Crippen LogP contribution in [-0.4, -0.2) is 98.2 Å². The molecule has 9 nitrogen and oxygen atoms in total. The van der Waals surface area contributed by atoms with Crippen LogP contribution < -0.4 is 15.0 Å². The second-order valence-corrected chi connectivity index (χ2v) is 20.8. The standard InChI is InChI=1S/C33H46BrClF3N7O2Si/c1-20-26(27-21(2)28(34)42-43(27)7)40-29(41-30(20)45-17-32(18-45)15-44(16-32)19-33(36,37)38)24-12-22(10-11-25(24)35)46-14-23(13-39-6)47-48(8,9)31(3,4)5/h10-12,23,39H,13-19H2,1-9H3/t23-/m1/s1. The molecule has 15 heteroatoms. The zero-order valence-corrected chi connectivity index (χ0v) is 32.5. The van der Waals surface area contributed by atoms with E-state index >= 15 is 0 Å². The number of benzene rings is 1. The molecule has 0 radical (unpaired) electrons. The van der Waals surface area contributed by atoms with Crippen LogP contribution >= 0.6 is 27.5 Å². The van der Waals surface area contributed by atoms with E-state index < -0.39 is 21.0 Å². The smallest absolute Gasteiger partial charge is 0.401 e. The van der Waals surface area contributed by atoms with Gasteiger partial charge in [-0.3, -0.25) is 9.58 Å². The van der Waals surface area contributed by atoms with E-state index in [2.05, 4.69) is 65.1 Å². The molecule has 3 aromatic rings. The molecule has 0 saturated carbocycles. The van der Waals surface area contributed by atoms with Crippen LogP contribution in [0.3, 0.4) is 0 Å². The minimum absolute atomic E-state index is 0.0592. The minimum atomic E-state index is -4.20. The highest BCUT2D eigenvalue weighted by Gasteiger charge is 2.54. The van der Waals surface area contributed by atoms with E-state index in [4.69, 9.17) is 30.7 Å². The molecule has 4 heterocycles. The number of halogens is 5. The van der Waals surface area contributed by atoms with Crippen LogP contribution in [0.5, 0.6) is 5.75 Å². The van der Waals surface area contributed by atoms with Crippen LogP contribution in [0.2, 0.25) is 23.2 Å². The number of likely N-dealkylation sites (tertiary alicyclic amines) is 1. The number of nitrogens with zero attached hydrogens (tertiary/aromatic N) is 6. The Kier molecular flexibility index (Phi) is 10.4. The van der Waals surface area contributed by atoms with Crippen molar-refractivity contribution in [3.05, 3.63) is 39.0 Å². The Bertz CT molecular complexity index is 1650. The van der Waals surface area contributed by atoms with E-state index in [0.29, 0.717) is 71.8 Å². The number of anilines is 1. The first-order valence-electron chi connectivity index (χ1n) is 16.1. The van der Waals surface area contributed by atoms with E-state index in [9.17, 15) is 13.2 Å². The van der Waals surface area contributed by atoms with Gasteiger partial charge >= 0.3 is 6.18 Å². The highest BCUT2D eigenvalue weighted by molar-refractivity contribution is 9.10. The summed E-state index contributed by atoms with van der Waals surface area (Å²) < 4.78 is 54.3. The van der Waals surface area contributed by atoms with Gasteiger partial charge in [-0.25, -0.2) is 9.97 Å². The molecule has 2 aliphatic rings. The summed E-state index contributed by atoms with van der Waals surface area (Å²) in [6.07, 6.45) is -4.34. The molecule has 48 heavy (non-hydrogen) atoms. The third-order valence-corrected chi connectivity index (χ3v) is 15.4. The van der Waals surface area contributed by atoms with Gasteiger partial charge in [0.15, 0.2) is 14.1 Å². The Morgan fingerprint density at radius 2 is 1.75 bits per heavy atom. The summed E-state index contributed by atoms with van der Waals surface area (Å²) >= 11 is 10.4. The van der Waals surface area contributed by atoms with Crippen LogP contribution in [-0.2, 0) is 11.5 Å². The van der Waals surface area contributed by atoms with Crippen molar-refractivity contribution in [3.8, 4) is 28.5 Å². The molecule has 2 aliphatic heterocycles. The van der Waals surface area contributed by atoms with Crippen LogP contribution in [0, 0.1) is 19.3 Å². The van der Waals surface area contributed by atoms with Crippen LogP contribution in [0.4, 0.5) is 19.0 Å². The zero-order valence-electron chi connectivity index (χ0n) is 29.1. The van der Waals surface area contributed by atoms with E-state index in [1.54, 1.807) is 10.7 Å². The Balaban J connectivity index is 1.45. The highest BCUT2D eigenvalue weighted by Crippen LogP contribution is 2.45. The van der Waals surface area contributed by atoms with E-state index in [0.717, 1.165) is 22.6 Å². The number of nitrogens with one attached hydrogen (secondary N) is 1. The molecule has 0 amide bonds. The quantitative estimate of drug-likeness (QED) is 0.205. The second kappa shape index (κ2) is 13.5. The van der Waals surface area contributed by atoms with E-state index in [1.807, 2.05) is 40.1 Å². The summed E-state index contributed by atoms with van der Waals surface area (Å²) in [4.78, 5) is 13.7. The minimum Gasteiger partial charge on any atom is -0.491 e. The lowest BCUT2D eigenvalue weighted by Gasteiger charge is -2.61. The van der Waals surface area contributed by atoms with Gasteiger partial charge in [0.05, 0.1) is 29.1 Å². The van der Waals surface area contributed by atoms with Gasteiger partial charge in [0, 0.05) is 61.9 Å². The van der Waals surface area contributed by atoms with Gasteiger partial charge in [0.2, 0.25) is 0 Å². The largest absolute Gasteiger partial charge is 0.491 e. The second-order valence-electron chi connectivity index (χ2n) is 14.9. The number of alkyl halides is 3. The number of hydrogen-bond acceptors (Lipinski definition) is 8. The van der Waals surface area contributed by atoms with Gasteiger partial charge in [-0.05, 0) is 73.2 Å². The molecule has 0 aliphatic carbocycles. The van der Waals surface area contributed by atoms with Gasteiger partial charge < -0.3 is 19.4 Å². The summed E-state index contributed by atoms with van der Waals surface area (Å²) in [6.45, 7) is 17.2. The molecule has 1 N–H and O–H groups in total. The average Bonchev–Trinajstić information content (AvgIpc) is 3.18. The van der Waals surface area contributed by atoms with Crippen LogP contribution in [0.1, 0.15) is 31.9 Å². The fourth-order valence-electron chi connectivity index (χ4n) is 6.38. The molecule has 2 fully saturated rings. The Morgan fingerprint density at radius 1 is 1.08 bits per heavy atom. The first kappa shape index (κ1) is 37.0. The SMILES string of the molecule is CNC[C@H](COc1ccc(Cl)c(-c2nc(-c3c(C)c(Br)nn3C)c(C)c(N3CC4(CN(CC(F)(F)F)C4)C3)n2)c1)O[Si](C)(C)C(C)(C)C. The van der Waals surface area contributed by atoms with Crippen molar-refractivity contribution < 1.29 is 22.3 Å². The van der Waals surface area contributed by atoms with Crippen molar-refractivity contribution in [1.82, 2.24) is 30.0 Å². The third kappa shape index (κ3) is 7.73. The maximum atomic E-state index is 13.0. The zero-order chi connectivity index (χ0) is 35.4. The normalized spacial score (nSPS) is 17.4. The van der Waals surface area contributed by atoms with Gasteiger partial charge in [-0.2, -0.15) is 18.3 Å². The Hall–Kier alpha value is -2.23. The van der Waals surface area contributed by atoms with E-state index in [-0.39, 0.29) is 16.6 Å². The number of aryl methyl sites for hydroxylation is 1. The molecule has 0 bridgehead atoms. The average molecular weight is 773 g/mol. The molecule has 0 unspecified atom stereocenters. The van der Waals surface area contributed by atoms with Crippen LogP contribution in [0.15, 0.2) is 22.8 Å². The molecule has 1 aromatic carbocycles. The van der Waals surface area contributed by atoms with Crippen molar-refractivity contribution in [3.63, 3.8) is 0 Å². The predicted molar refractivity (Wildman–Crippen MR) is 190 cm³/mol. The lowest BCUT2D eigenvalue weighted by Crippen LogP contribution is -2.73. The van der Waals surface area contributed by atoms with Crippen molar-refractivity contribution in [2.45, 2.75) is 65.0 Å². The molecule has 5 rings (SSSR count). The summed E-state index contributed by atoms with van der Waals surface area (Å²) in [5.41, 5.74) is 3.78. The Morgan fingerprint density at radius 3 is 2.31 bits per heavy atom. The van der Waals surface area contributed by atoms with Gasteiger partial charge in [-0.15, -0.1) is 0 Å². The molecule has 1 atom stereocenters. The molecular formula is C33H46BrClF3N7O2Si. The van der Waals surface area contributed by atoms with Crippen molar-refractivity contribution in [2.24, 2.45) is 12.5 Å². The number of hydrogen-bond donors (Lipinski definition) is 1. The molecule has 2 aromatic heterocycles. The van der Waals surface area contributed by atoms with Crippen LogP contribution in [0.25, 0.3) is 22.8 Å². The summed E-state index contributed by atoms with van der Waals surface area (Å²) in [6, 6.07) is 5.47. The Labute approximate surface area is 295 Å². The molecular weight excluding hydrogens is 727 g/mol. The van der Waals surface area contributed by atoms with E-state index in [1.165, 1.54) is 4.90 Å². The number of rotatable bonds is 11. The lowest BCUT2D eigenvalue weighted by atomic mass is 9.72. The van der Waals surface area contributed by atoms with Gasteiger partial charge in [-0.1, -0.05) is 32.4 Å². The predicted octanol–water partition coefficient (Wildman–Crippen LogP) is 7.25. The summed E-state index contributed by atoms with van der Waals surface area (Å²) in [5.74, 6) is 1.77. The number of likely N-dealkylation sites (N-methyl/N-ethyl adjacent to an activating group) is 1.